The Morgan fingerprint density at radius 3 is 2.50 bits per heavy atom. The molecule has 140 valence electrons. The molecule has 2 aromatic carbocycles. The van der Waals surface area contributed by atoms with Crippen LogP contribution in [0, 0.1) is 0 Å². The number of para-hydroxylation sites is 1. The van der Waals surface area contributed by atoms with E-state index in [4.69, 9.17) is 10.5 Å². The molecule has 0 saturated carbocycles. The molecular weight excluding hydrogens is 348 g/mol. The van der Waals surface area contributed by atoms with Crippen LogP contribution in [0.15, 0.2) is 54.6 Å². The van der Waals surface area contributed by atoms with Gasteiger partial charge in [-0.1, -0.05) is 30.3 Å². The fourth-order valence-electron chi connectivity index (χ4n) is 3.35. The van der Waals surface area contributed by atoms with Gasteiger partial charge in [0.2, 0.25) is 0 Å². The molecule has 3 rings (SSSR count). The summed E-state index contributed by atoms with van der Waals surface area (Å²) in [6.45, 7) is 3.27. The molecule has 0 aromatic heterocycles. The smallest absolute Gasteiger partial charge is 0.254 e. The third-order valence-corrected chi connectivity index (χ3v) is 4.77. The molecule has 5 heteroatoms. The Kier molecular flexibility index (Phi) is 7.49. The highest BCUT2D eigenvalue weighted by Gasteiger charge is 2.29. The molecule has 2 aromatic rings. The molecule has 2 atom stereocenters. The van der Waals surface area contributed by atoms with E-state index >= 15 is 0 Å². The van der Waals surface area contributed by atoms with Crippen molar-refractivity contribution in [1.82, 2.24) is 4.90 Å². The maximum Gasteiger partial charge on any atom is 0.254 e. The number of carbonyl (C=O) groups is 1. The van der Waals surface area contributed by atoms with Gasteiger partial charge in [-0.3, -0.25) is 4.79 Å². The average molecular weight is 375 g/mol. The first-order valence-corrected chi connectivity index (χ1v) is 8.98. The van der Waals surface area contributed by atoms with Crippen molar-refractivity contribution in [3.05, 3.63) is 65.7 Å². The second-order valence-corrected chi connectivity index (χ2v) is 6.72. The van der Waals surface area contributed by atoms with Crippen LogP contribution in [-0.4, -0.2) is 29.4 Å². The summed E-state index contributed by atoms with van der Waals surface area (Å²) in [5.41, 5.74) is 7.84. The van der Waals surface area contributed by atoms with Gasteiger partial charge in [-0.15, -0.1) is 12.4 Å². The van der Waals surface area contributed by atoms with Crippen molar-refractivity contribution in [3.8, 4) is 5.75 Å². The Morgan fingerprint density at radius 1 is 1.15 bits per heavy atom. The zero-order valence-electron chi connectivity index (χ0n) is 15.1. The molecule has 0 aliphatic carbocycles. The predicted molar refractivity (Wildman–Crippen MR) is 107 cm³/mol. The molecule has 1 saturated heterocycles. The van der Waals surface area contributed by atoms with Crippen molar-refractivity contribution in [2.24, 2.45) is 5.73 Å². The van der Waals surface area contributed by atoms with Gasteiger partial charge >= 0.3 is 0 Å². The lowest BCUT2D eigenvalue weighted by Gasteiger charge is -2.38. The fourth-order valence-corrected chi connectivity index (χ4v) is 3.35. The van der Waals surface area contributed by atoms with Gasteiger partial charge < -0.3 is 15.4 Å². The summed E-state index contributed by atoms with van der Waals surface area (Å²) in [6.07, 6.45) is 3.19. The first kappa shape index (κ1) is 20.3. The van der Waals surface area contributed by atoms with Crippen LogP contribution in [0.4, 0.5) is 0 Å². The molecule has 26 heavy (non-hydrogen) atoms. The normalized spacial score (nSPS) is 17.9. The van der Waals surface area contributed by atoms with Gasteiger partial charge in [0.15, 0.2) is 0 Å². The number of benzene rings is 2. The number of rotatable bonds is 5. The topological polar surface area (TPSA) is 55.6 Å². The van der Waals surface area contributed by atoms with Crippen LogP contribution in [0.25, 0.3) is 0 Å². The van der Waals surface area contributed by atoms with Crippen molar-refractivity contribution in [1.29, 1.82) is 0 Å². The minimum atomic E-state index is 0. The Hall–Kier alpha value is -2.04. The van der Waals surface area contributed by atoms with Gasteiger partial charge in [0.25, 0.3) is 5.91 Å². The molecule has 2 unspecified atom stereocenters. The van der Waals surface area contributed by atoms with Crippen molar-refractivity contribution in [2.75, 3.05) is 6.54 Å². The molecule has 1 aliphatic heterocycles. The molecule has 1 heterocycles. The van der Waals surface area contributed by atoms with Gasteiger partial charge in [-0.25, -0.2) is 0 Å². The summed E-state index contributed by atoms with van der Waals surface area (Å²) in [4.78, 5) is 14.8. The minimum absolute atomic E-state index is 0. The van der Waals surface area contributed by atoms with Crippen molar-refractivity contribution < 1.29 is 9.53 Å². The standard InChI is InChI=1S/C21H26N2O2.ClH/c1-16(22)20-9-5-6-14-23(20)21(24)18-12-10-17(11-13-18)15-25-19-7-3-2-4-8-19;/h2-4,7-8,10-13,16,20H,5-6,9,14-15,22H2,1H3;1H. The number of piperidine rings is 1. The number of amides is 1. The lowest BCUT2D eigenvalue weighted by Crippen LogP contribution is -2.51. The highest BCUT2D eigenvalue weighted by Crippen LogP contribution is 2.22. The predicted octanol–water partition coefficient (Wildman–Crippen LogP) is 4.03. The maximum atomic E-state index is 12.8. The zero-order valence-corrected chi connectivity index (χ0v) is 16.0. The van der Waals surface area contributed by atoms with Crippen LogP contribution in [0.3, 0.4) is 0 Å². The van der Waals surface area contributed by atoms with Crippen LogP contribution < -0.4 is 10.5 Å². The van der Waals surface area contributed by atoms with Crippen LogP contribution >= 0.6 is 12.4 Å². The third kappa shape index (κ3) is 4.99. The number of nitrogens with two attached hydrogens (primary N) is 1. The number of carbonyl (C=O) groups excluding carboxylic acids is 1. The first-order chi connectivity index (χ1) is 12.1. The molecule has 4 nitrogen and oxygen atoms in total. The quantitative estimate of drug-likeness (QED) is 0.859. The van der Waals surface area contributed by atoms with E-state index in [-0.39, 0.29) is 30.4 Å². The third-order valence-electron chi connectivity index (χ3n) is 4.77. The van der Waals surface area contributed by atoms with Crippen molar-refractivity contribution in [3.63, 3.8) is 0 Å². The Bertz CT molecular complexity index is 689. The first-order valence-electron chi connectivity index (χ1n) is 8.98. The Labute approximate surface area is 161 Å². The summed E-state index contributed by atoms with van der Waals surface area (Å²) < 4.78 is 5.75. The lowest BCUT2D eigenvalue weighted by atomic mass is 9.96. The van der Waals surface area contributed by atoms with E-state index in [0.29, 0.717) is 6.61 Å². The van der Waals surface area contributed by atoms with Gasteiger partial charge in [-0.2, -0.15) is 0 Å². The van der Waals surface area contributed by atoms with E-state index in [1.54, 1.807) is 0 Å². The molecule has 2 N–H and O–H groups in total. The van der Waals surface area contributed by atoms with E-state index in [1.165, 1.54) is 0 Å². The zero-order chi connectivity index (χ0) is 17.6. The van der Waals surface area contributed by atoms with E-state index in [0.717, 1.165) is 42.7 Å². The Morgan fingerprint density at radius 2 is 1.85 bits per heavy atom. The fraction of sp³-hybridized carbons (Fsp3) is 0.381. The summed E-state index contributed by atoms with van der Waals surface area (Å²) in [5, 5.41) is 0. The van der Waals surface area contributed by atoms with E-state index in [9.17, 15) is 4.79 Å². The van der Waals surface area contributed by atoms with Crippen molar-refractivity contribution >= 4 is 18.3 Å². The van der Waals surface area contributed by atoms with E-state index in [1.807, 2.05) is 66.4 Å². The molecule has 1 fully saturated rings. The van der Waals surface area contributed by atoms with Crippen LogP contribution in [-0.2, 0) is 6.61 Å². The highest BCUT2D eigenvalue weighted by molar-refractivity contribution is 5.94. The molecular formula is C21H27ClN2O2. The minimum Gasteiger partial charge on any atom is -0.489 e. The van der Waals surface area contributed by atoms with Crippen molar-refractivity contribution in [2.45, 2.75) is 44.9 Å². The van der Waals surface area contributed by atoms with Crippen LogP contribution in [0.1, 0.15) is 42.1 Å². The van der Waals surface area contributed by atoms with E-state index in [2.05, 4.69) is 0 Å². The summed E-state index contributed by atoms with van der Waals surface area (Å²) in [5.74, 6) is 0.924. The molecule has 1 aliphatic rings. The SMILES string of the molecule is CC(N)C1CCCCN1C(=O)c1ccc(COc2ccccc2)cc1.Cl. The number of ether oxygens (including phenoxy) is 1. The molecule has 0 bridgehead atoms. The maximum absolute atomic E-state index is 12.8. The number of halogens is 1. The van der Waals surface area contributed by atoms with E-state index < -0.39 is 0 Å². The molecule has 1 amide bonds. The number of likely N-dealkylation sites (tertiary alicyclic amines) is 1. The second-order valence-electron chi connectivity index (χ2n) is 6.72. The highest BCUT2D eigenvalue weighted by atomic mass is 35.5. The molecule has 0 radical (unpaired) electrons. The average Bonchev–Trinajstić information content (AvgIpc) is 2.67. The Balaban J connectivity index is 0.00000243. The van der Waals surface area contributed by atoms with Gasteiger partial charge in [0, 0.05) is 24.2 Å². The summed E-state index contributed by atoms with van der Waals surface area (Å²) >= 11 is 0. The number of nitrogens with zero attached hydrogens (tertiary/aromatic N) is 1. The largest absolute Gasteiger partial charge is 0.489 e. The van der Waals surface area contributed by atoms with Gasteiger partial charge in [0.1, 0.15) is 12.4 Å². The van der Waals surface area contributed by atoms with Gasteiger partial charge in [-0.05, 0) is 56.0 Å². The summed E-state index contributed by atoms with van der Waals surface area (Å²) in [6, 6.07) is 17.6. The lowest BCUT2D eigenvalue weighted by molar-refractivity contribution is 0.0584. The second kappa shape index (κ2) is 9.60. The number of hydrogen-bond donors (Lipinski definition) is 1. The monoisotopic (exact) mass is 374 g/mol. The van der Waals surface area contributed by atoms with Crippen LogP contribution in [0.2, 0.25) is 0 Å². The molecule has 0 spiro atoms. The van der Waals surface area contributed by atoms with Crippen LogP contribution in [0.5, 0.6) is 5.75 Å². The van der Waals surface area contributed by atoms with Gasteiger partial charge in [0.05, 0.1) is 0 Å². The summed E-state index contributed by atoms with van der Waals surface area (Å²) in [7, 11) is 0. The number of hydrogen-bond acceptors (Lipinski definition) is 3.